The lowest BCUT2D eigenvalue weighted by Gasteiger charge is -2.39. The number of hydrogen-bond donors (Lipinski definition) is 2. The van der Waals surface area contributed by atoms with Crippen LogP contribution in [-0.4, -0.2) is 84.5 Å². The molecule has 3 saturated heterocycles. The summed E-state index contributed by atoms with van der Waals surface area (Å²) in [6.07, 6.45) is 10.0. The van der Waals surface area contributed by atoms with Crippen LogP contribution in [0.5, 0.6) is 0 Å². The molecular weight excluding hydrogens is 492 g/mol. The molecule has 0 aromatic carbocycles. The number of allylic oxidation sites excluding steroid dienone is 2. The summed E-state index contributed by atoms with van der Waals surface area (Å²) in [5.74, 6) is -0.419. The number of hydrogen-bond acceptors (Lipinski definition) is 9. The second-order valence-electron chi connectivity index (χ2n) is 10.6. The second-order valence-corrected chi connectivity index (χ2v) is 10.6. The number of aliphatic hydroxyl groups excluding tert-OH is 1. The van der Waals surface area contributed by atoms with Gasteiger partial charge in [-0.3, -0.25) is 9.59 Å². The molecule has 1 amide bonds. The monoisotopic (exact) mass is 532 g/mol. The summed E-state index contributed by atoms with van der Waals surface area (Å²) < 4.78 is 22.7. The van der Waals surface area contributed by atoms with Crippen LogP contribution in [0.1, 0.15) is 53.9 Å². The highest BCUT2D eigenvalue weighted by Gasteiger charge is 2.58. The number of ether oxygens (including phenoxy) is 4. The van der Waals surface area contributed by atoms with Gasteiger partial charge in [-0.05, 0) is 45.6 Å². The van der Waals surface area contributed by atoms with Crippen molar-refractivity contribution in [2.24, 2.45) is 10.9 Å². The number of aliphatic imine (C=N–C) groups is 1. The molecule has 3 aliphatic rings. The maximum absolute atomic E-state index is 12.3. The summed E-state index contributed by atoms with van der Waals surface area (Å²) in [5, 5.41) is 13.7. The van der Waals surface area contributed by atoms with Crippen molar-refractivity contribution >= 4 is 18.0 Å². The third-order valence-corrected chi connectivity index (χ3v) is 7.28. The smallest absolute Gasteiger partial charge is 0.303 e. The van der Waals surface area contributed by atoms with Crippen molar-refractivity contribution in [1.29, 1.82) is 0 Å². The first kappa shape index (κ1) is 29.9. The van der Waals surface area contributed by atoms with Gasteiger partial charge in [-0.15, -0.1) is 0 Å². The van der Waals surface area contributed by atoms with Crippen LogP contribution in [-0.2, 0) is 33.3 Å². The van der Waals surface area contributed by atoms with Gasteiger partial charge in [0.2, 0.25) is 12.0 Å². The quantitative estimate of drug-likeness (QED) is 0.109. The Morgan fingerprint density at radius 1 is 1.26 bits per heavy atom. The molecule has 10 nitrogen and oxygen atoms in total. The van der Waals surface area contributed by atoms with Crippen LogP contribution in [0.3, 0.4) is 0 Å². The molecule has 3 fully saturated rings. The lowest BCUT2D eigenvalue weighted by molar-refractivity contribution is -0.143. The number of rotatable bonds is 10. The van der Waals surface area contributed by atoms with E-state index in [0.29, 0.717) is 19.4 Å². The van der Waals surface area contributed by atoms with Crippen molar-refractivity contribution in [1.82, 2.24) is 5.32 Å². The molecule has 3 heterocycles. The molecule has 0 aromatic heterocycles. The highest BCUT2D eigenvalue weighted by molar-refractivity contribution is 5.87. The number of carbonyl (C=O) groups is 2. The van der Waals surface area contributed by atoms with Crippen molar-refractivity contribution in [3.05, 3.63) is 36.0 Å². The van der Waals surface area contributed by atoms with E-state index in [-0.39, 0.29) is 42.7 Å². The fraction of sp³-hybridized carbons (Fsp3) is 0.679. The maximum atomic E-state index is 12.3. The molecule has 0 saturated carbocycles. The number of nitrogens with zero attached hydrogens (tertiary/aromatic N) is 1. The van der Waals surface area contributed by atoms with E-state index in [1.54, 1.807) is 13.0 Å². The normalized spacial score (nSPS) is 36.2. The topological polar surface area (TPSA) is 136 Å². The highest BCUT2D eigenvalue weighted by atomic mass is 16.6. The van der Waals surface area contributed by atoms with E-state index < -0.39 is 29.9 Å². The van der Waals surface area contributed by atoms with Gasteiger partial charge >= 0.3 is 5.97 Å². The molecule has 9 atom stereocenters. The van der Waals surface area contributed by atoms with Crippen LogP contribution in [0.25, 0.3) is 0 Å². The van der Waals surface area contributed by atoms with E-state index in [0.717, 1.165) is 12.0 Å². The first-order valence-corrected chi connectivity index (χ1v) is 13.2. The Morgan fingerprint density at radius 2 is 2.00 bits per heavy atom. The molecule has 0 radical (unpaired) electrons. The molecule has 3 rings (SSSR count). The third kappa shape index (κ3) is 8.44. The summed E-state index contributed by atoms with van der Waals surface area (Å²) in [6, 6.07) is -0.120. The summed E-state index contributed by atoms with van der Waals surface area (Å²) in [5.41, 5.74) is 0.392. The third-order valence-electron chi connectivity index (χ3n) is 7.28. The highest BCUT2D eigenvalue weighted by Crippen LogP contribution is 2.42. The van der Waals surface area contributed by atoms with Gasteiger partial charge in [0.25, 0.3) is 0 Å². The Kier molecular flexibility index (Phi) is 10.6. The van der Waals surface area contributed by atoms with Crippen molar-refractivity contribution in [2.45, 2.75) is 102 Å². The van der Waals surface area contributed by atoms with Crippen LogP contribution < -0.4 is 5.32 Å². The molecule has 1 spiro atoms. The predicted molar refractivity (Wildman–Crippen MR) is 139 cm³/mol. The first-order chi connectivity index (χ1) is 18.0. The SMILES string of the molecule is CC(=O)OC(C)C=CC(=O)N[C@@H]1C[C@H](C)[C@H](C/C=C(C)/C=C/[C@H]2O[C@H](CN=C=O)C[C@@]3(CO3)[C@@H]2O)O[C@@H]1C. The lowest BCUT2D eigenvalue weighted by atomic mass is 9.87. The average Bonchev–Trinajstić information content (AvgIpc) is 3.63. The molecule has 0 bridgehead atoms. The van der Waals surface area contributed by atoms with Gasteiger partial charge in [0.15, 0.2) is 0 Å². The van der Waals surface area contributed by atoms with Crippen molar-refractivity contribution in [2.75, 3.05) is 13.2 Å². The van der Waals surface area contributed by atoms with Crippen molar-refractivity contribution in [3.8, 4) is 0 Å². The number of esters is 1. The van der Waals surface area contributed by atoms with Gasteiger partial charge in [0, 0.05) is 19.4 Å². The number of aliphatic hydroxyl groups is 1. The summed E-state index contributed by atoms with van der Waals surface area (Å²) in [4.78, 5) is 37.4. The fourth-order valence-electron chi connectivity index (χ4n) is 5.01. The predicted octanol–water partition coefficient (Wildman–Crippen LogP) is 2.31. The van der Waals surface area contributed by atoms with Crippen LogP contribution in [0.15, 0.2) is 40.9 Å². The number of amides is 1. The van der Waals surface area contributed by atoms with E-state index in [1.165, 1.54) is 19.1 Å². The number of carbonyl (C=O) groups excluding carboxylic acids is 3. The Balaban J connectivity index is 1.49. The zero-order valence-corrected chi connectivity index (χ0v) is 22.8. The van der Waals surface area contributed by atoms with E-state index >= 15 is 0 Å². The lowest BCUT2D eigenvalue weighted by Crippen LogP contribution is -2.50. The standard InChI is InChI=1S/C28H40N2O8/c1-17(7-10-25-27(34)28(15-35-28)13-22(38-25)14-29-16-31)6-9-24-18(2)12-23(20(4)37-24)30-26(33)11-8-19(3)36-21(5)32/h6-8,10-11,18-20,22-25,27,34H,9,12-15H2,1-5H3,(H,30,33)/b10-7+,11-8?,17-6+/t18-,19?,20+,22-,23+,24-,25+,27+,28+/m0/s1. The van der Waals surface area contributed by atoms with Gasteiger partial charge in [-0.2, -0.15) is 0 Å². The Hall–Kier alpha value is -2.62. The Labute approximate surface area is 224 Å². The molecule has 10 heteroatoms. The van der Waals surface area contributed by atoms with Crippen LogP contribution >= 0.6 is 0 Å². The minimum atomic E-state index is -0.780. The van der Waals surface area contributed by atoms with Gasteiger partial charge < -0.3 is 29.4 Å². The second kappa shape index (κ2) is 13.4. The van der Waals surface area contributed by atoms with Gasteiger partial charge in [-0.25, -0.2) is 9.79 Å². The average molecular weight is 533 g/mol. The minimum Gasteiger partial charge on any atom is -0.459 e. The molecule has 38 heavy (non-hydrogen) atoms. The van der Waals surface area contributed by atoms with Crippen LogP contribution in [0, 0.1) is 5.92 Å². The largest absolute Gasteiger partial charge is 0.459 e. The zero-order valence-electron chi connectivity index (χ0n) is 22.8. The van der Waals surface area contributed by atoms with Crippen LogP contribution in [0.2, 0.25) is 0 Å². The fourth-order valence-corrected chi connectivity index (χ4v) is 5.01. The van der Waals surface area contributed by atoms with Crippen molar-refractivity contribution < 1.29 is 38.4 Å². The summed E-state index contributed by atoms with van der Waals surface area (Å²) in [6.45, 7) is 9.73. The van der Waals surface area contributed by atoms with E-state index in [2.05, 4.69) is 23.3 Å². The molecule has 1 unspecified atom stereocenters. The number of isocyanates is 1. The van der Waals surface area contributed by atoms with E-state index in [1.807, 2.05) is 26.0 Å². The Bertz CT molecular complexity index is 981. The number of nitrogens with one attached hydrogen (secondary N) is 1. The molecule has 210 valence electrons. The van der Waals surface area contributed by atoms with Gasteiger partial charge in [0.1, 0.15) is 23.9 Å². The van der Waals surface area contributed by atoms with Gasteiger partial charge in [0.05, 0.1) is 37.5 Å². The summed E-state index contributed by atoms with van der Waals surface area (Å²) >= 11 is 0. The van der Waals surface area contributed by atoms with Gasteiger partial charge in [-0.1, -0.05) is 30.7 Å². The molecule has 3 aliphatic heterocycles. The minimum absolute atomic E-state index is 0.00581. The zero-order chi connectivity index (χ0) is 27.9. The first-order valence-electron chi connectivity index (χ1n) is 13.2. The van der Waals surface area contributed by atoms with Crippen LogP contribution in [0.4, 0.5) is 0 Å². The summed E-state index contributed by atoms with van der Waals surface area (Å²) in [7, 11) is 0. The molecular formula is C28H40N2O8. The van der Waals surface area contributed by atoms with E-state index in [4.69, 9.17) is 18.9 Å². The van der Waals surface area contributed by atoms with Crippen molar-refractivity contribution in [3.63, 3.8) is 0 Å². The Morgan fingerprint density at radius 3 is 2.66 bits per heavy atom. The molecule has 0 aliphatic carbocycles. The molecule has 0 aromatic rings. The number of epoxide rings is 1. The van der Waals surface area contributed by atoms with E-state index in [9.17, 15) is 19.5 Å². The maximum Gasteiger partial charge on any atom is 0.303 e. The molecule has 2 N–H and O–H groups in total.